The molecule has 3 N–H and O–H groups in total. The summed E-state index contributed by atoms with van der Waals surface area (Å²) < 4.78 is 5.03. The number of nitrogens with zero attached hydrogens (tertiary/aromatic N) is 1. The van der Waals surface area contributed by atoms with E-state index in [2.05, 4.69) is 0 Å². The lowest BCUT2D eigenvalue weighted by molar-refractivity contribution is -0.144. The molecule has 1 aromatic rings. The zero-order valence-electron chi connectivity index (χ0n) is 10.8. The van der Waals surface area contributed by atoms with Crippen LogP contribution in [0.2, 0.25) is 0 Å². The van der Waals surface area contributed by atoms with Crippen molar-refractivity contribution in [1.82, 2.24) is 4.90 Å². The Bertz CT molecular complexity index is 508. The first-order valence-electron chi connectivity index (χ1n) is 5.82. The number of carboxylic acids is 3. The summed E-state index contributed by atoms with van der Waals surface area (Å²) in [5, 5.41) is 26.4. The van der Waals surface area contributed by atoms with Crippen molar-refractivity contribution in [3.8, 4) is 0 Å². The Morgan fingerprint density at radius 3 is 2.35 bits per heavy atom. The quantitative estimate of drug-likeness (QED) is 0.637. The van der Waals surface area contributed by atoms with Crippen LogP contribution in [-0.2, 0) is 16.1 Å². The molecule has 0 spiro atoms. The van der Waals surface area contributed by atoms with Gasteiger partial charge in [0, 0.05) is 6.54 Å². The third-order valence-electron chi connectivity index (χ3n) is 2.75. The molecular formula is C12H15NO7. The minimum atomic E-state index is -1.22. The molecule has 20 heavy (non-hydrogen) atoms. The number of carbonyl (C=O) groups is 3. The predicted molar refractivity (Wildman–Crippen MR) is 65.4 cm³/mol. The van der Waals surface area contributed by atoms with Crippen molar-refractivity contribution in [2.75, 3.05) is 6.54 Å². The second-order valence-corrected chi connectivity index (χ2v) is 4.20. The number of aromatic carboxylic acids is 1. The van der Waals surface area contributed by atoms with E-state index >= 15 is 0 Å². The fourth-order valence-electron chi connectivity index (χ4n) is 1.58. The van der Waals surface area contributed by atoms with Crippen LogP contribution in [0.15, 0.2) is 16.5 Å². The third-order valence-corrected chi connectivity index (χ3v) is 2.75. The van der Waals surface area contributed by atoms with Crippen LogP contribution in [0.5, 0.6) is 0 Å². The second-order valence-electron chi connectivity index (χ2n) is 4.20. The molecule has 0 fully saturated rings. The SMILES string of the molecule is CC(C(=O)O)N(CCC(=O)O)Cc1ccc(C(=O)O)o1. The van der Waals surface area contributed by atoms with E-state index < -0.39 is 23.9 Å². The summed E-state index contributed by atoms with van der Waals surface area (Å²) in [6.07, 6.45) is -0.218. The number of carboxylic acid groups (broad SMARTS) is 3. The van der Waals surface area contributed by atoms with Gasteiger partial charge in [-0.1, -0.05) is 0 Å². The van der Waals surface area contributed by atoms with Gasteiger partial charge in [-0.2, -0.15) is 0 Å². The Balaban J connectivity index is 2.78. The zero-order chi connectivity index (χ0) is 15.3. The van der Waals surface area contributed by atoms with Crippen LogP contribution in [0.25, 0.3) is 0 Å². The molecular weight excluding hydrogens is 270 g/mol. The van der Waals surface area contributed by atoms with Gasteiger partial charge < -0.3 is 19.7 Å². The fraction of sp³-hybridized carbons (Fsp3) is 0.417. The molecule has 8 heteroatoms. The van der Waals surface area contributed by atoms with Gasteiger partial charge in [0.1, 0.15) is 11.8 Å². The lowest BCUT2D eigenvalue weighted by atomic mass is 10.2. The van der Waals surface area contributed by atoms with Gasteiger partial charge in [-0.25, -0.2) is 4.79 Å². The van der Waals surface area contributed by atoms with Gasteiger partial charge in [-0.3, -0.25) is 14.5 Å². The number of hydrogen-bond acceptors (Lipinski definition) is 5. The van der Waals surface area contributed by atoms with Gasteiger partial charge >= 0.3 is 17.9 Å². The summed E-state index contributed by atoms with van der Waals surface area (Å²) in [5.41, 5.74) is 0. The van der Waals surface area contributed by atoms with E-state index in [1.54, 1.807) is 0 Å². The minimum Gasteiger partial charge on any atom is -0.481 e. The molecule has 0 amide bonds. The monoisotopic (exact) mass is 285 g/mol. The maximum absolute atomic E-state index is 11.0. The molecule has 0 aliphatic carbocycles. The molecule has 1 atom stereocenters. The molecule has 110 valence electrons. The molecule has 0 aromatic carbocycles. The van der Waals surface area contributed by atoms with Crippen LogP contribution in [0.1, 0.15) is 29.7 Å². The largest absolute Gasteiger partial charge is 0.481 e. The maximum Gasteiger partial charge on any atom is 0.371 e. The van der Waals surface area contributed by atoms with E-state index in [1.165, 1.54) is 24.0 Å². The summed E-state index contributed by atoms with van der Waals surface area (Å²) in [6.45, 7) is 1.46. The Kier molecular flexibility index (Phi) is 5.27. The van der Waals surface area contributed by atoms with Gasteiger partial charge in [-0.05, 0) is 19.1 Å². The number of hydrogen-bond donors (Lipinski definition) is 3. The van der Waals surface area contributed by atoms with Crippen LogP contribution in [0, 0.1) is 0 Å². The van der Waals surface area contributed by atoms with E-state index in [9.17, 15) is 14.4 Å². The molecule has 1 heterocycles. The summed E-state index contributed by atoms with van der Waals surface area (Å²) in [5.74, 6) is -3.35. The Labute approximate surface area is 114 Å². The van der Waals surface area contributed by atoms with Crippen LogP contribution in [0.4, 0.5) is 0 Å². The Morgan fingerprint density at radius 2 is 1.90 bits per heavy atom. The Morgan fingerprint density at radius 1 is 1.25 bits per heavy atom. The topological polar surface area (TPSA) is 128 Å². The molecule has 0 saturated heterocycles. The van der Waals surface area contributed by atoms with Gasteiger partial charge in [-0.15, -0.1) is 0 Å². The third kappa shape index (κ3) is 4.39. The summed E-state index contributed by atoms with van der Waals surface area (Å²) in [7, 11) is 0. The summed E-state index contributed by atoms with van der Waals surface area (Å²) in [6, 6.07) is 1.78. The molecule has 1 rings (SSSR count). The van der Waals surface area contributed by atoms with Crippen molar-refractivity contribution >= 4 is 17.9 Å². The molecule has 1 aromatic heterocycles. The smallest absolute Gasteiger partial charge is 0.371 e. The van der Waals surface area contributed by atoms with E-state index in [1.807, 2.05) is 0 Å². The molecule has 0 saturated carbocycles. The second kappa shape index (κ2) is 6.71. The predicted octanol–water partition coefficient (Wildman–Crippen LogP) is 0.728. The molecule has 0 bridgehead atoms. The van der Waals surface area contributed by atoms with Crippen molar-refractivity contribution in [1.29, 1.82) is 0 Å². The first-order valence-corrected chi connectivity index (χ1v) is 5.82. The van der Waals surface area contributed by atoms with Crippen molar-refractivity contribution in [3.05, 3.63) is 23.7 Å². The number of rotatable bonds is 8. The van der Waals surface area contributed by atoms with E-state index in [4.69, 9.17) is 19.7 Å². The average Bonchev–Trinajstić information content (AvgIpc) is 2.81. The Hall–Kier alpha value is -2.35. The fourth-order valence-corrected chi connectivity index (χ4v) is 1.58. The van der Waals surface area contributed by atoms with E-state index in [0.29, 0.717) is 0 Å². The highest BCUT2D eigenvalue weighted by molar-refractivity contribution is 5.84. The van der Waals surface area contributed by atoms with Gasteiger partial charge in [0.25, 0.3) is 0 Å². The standard InChI is InChI=1S/C12H15NO7/c1-7(11(16)17)13(5-4-10(14)15)6-8-2-3-9(20-8)12(18)19/h2-3,7H,4-6H2,1H3,(H,14,15)(H,16,17)(H,18,19). The lowest BCUT2D eigenvalue weighted by Crippen LogP contribution is -2.39. The molecule has 0 aliphatic heterocycles. The average molecular weight is 285 g/mol. The summed E-state index contributed by atoms with van der Waals surface area (Å²) in [4.78, 5) is 33.6. The van der Waals surface area contributed by atoms with Crippen LogP contribution < -0.4 is 0 Å². The lowest BCUT2D eigenvalue weighted by Gasteiger charge is -2.24. The first kappa shape index (κ1) is 15.7. The van der Waals surface area contributed by atoms with Crippen LogP contribution in [-0.4, -0.2) is 50.7 Å². The van der Waals surface area contributed by atoms with E-state index in [0.717, 1.165) is 0 Å². The van der Waals surface area contributed by atoms with Gasteiger partial charge in [0.15, 0.2) is 0 Å². The van der Waals surface area contributed by atoms with Crippen LogP contribution in [0.3, 0.4) is 0 Å². The maximum atomic E-state index is 11.0. The highest BCUT2D eigenvalue weighted by Crippen LogP contribution is 2.13. The van der Waals surface area contributed by atoms with Crippen molar-refractivity contribution in [2.45, 2.75) is 25.9 Å². The van der Waals surface area contributed by atoms with Crippen LogP contribution >= 0.6 is 0 Å². The van der Waals surface area contributed by atoms with Crippen molar-refractivity contribution in [2.24, 2.45) is 0 Å². The molecule has 1 unspecified atom stereocenters. The molecule has 0 radical (unpaired) electrons. The number of furan rings is 1. The normalized spacial score (nSPS) is 12.3. The molecule has 8 nitrogen and oxygen atoms in total. The minimum absolute atomic E-state index is 0.0197. The zero-order valence-corrected chi connectivity index (χ0v) is 10.8. The van der Waals surface area contributed by atoms with Crippen molar-refractivity contribution < 1.29 is 34.1 Å². The number of aliphatic carboxylic acids is 2. The summed E-state index contributed by atoms with van der Waals surface area (Å²) >= 11 is 0. The van der Waals surface area contributed by atoms with E-state index in [-0.39, 0.29) is 31.0 Å². The highest BCUT2D eigenvalue weighted by Gasteiger charge is 2.23. The highest BCUT2D eigenvalue weighted by atomic mass is 16.4. The molecule has 0 aliphatic rings. The van der Waals surface area contributed by atoms with Gasteiger partial charge in [0.05, 0.1) is 13.0 Å². The van der Waals surface area contributed by atoms with Crippen molar-refractivity contribution in [3.63, 3.8) is 0 Å². The first-order chi connectivity index (χ1) is 9.31. The van der Waals surface area contributed by atoms with Gasteiger partial charge in [0.2, 0.25) is 5.76 Å².